The molecular weight excluding hydrogens is 363 g/mol. The van der Waals surface area contributed by atoms with Crippen molar-refractivity contribution in [1.82, 2.24) is 4.98 Å². The van der Waals surface area contributed by atoms with Gasteiger partial charge in [-0.15, -0.1) is 24.8 Å². The molecule has 1 aromatic rings. The Kier molecular flexibility index (Phi) is 13.1. The number of pyridine rings is 1. The first-order valence-corrected chi connectivity index (χ1v) is 8.44. The van der Waals surface area contributed by atoms with Gasteiger partial charge < -0.3 is 15.9 Å². The third-order valence-electron chi connectivity index (χ3n) is 4.11. The summed E-state index contributed by atoms with van der Waals surface area (Å²) in [6.07, 6.45) is 6.39. The highest BCUT2D eigenvalue weighted by molar-refractivity contribution is 5.85. The Balaban J connectivity index is 0. The van der Waals surface area contributed by atoms with Crippen molar-refractivity contribution in [3.05, 3.63) is 29.6 Å². The number of hydrogen-bond acceptors (Lipinski definition) is 4. The van der Waals surface area contributed by atoms with E-state index in [0.29, 0.717) is 12.1 Å². The summed E-state index contributed by atoms with van der Waals surface area (Å²) in [4.78, 5) is 15.8. The van der Waals surface area contributed by atoms with Gasteiger partial charge in [-0.05, 0) is 42.9 Å². The van der Waals surface area contributed by atoms with Gasteiger partial charge in [0.2, 0.25) is 0 Å². The normalized spacial score (nSPS) is 14.2. The molecule has 0 aromatic carbocycles. The Morgan fingerprint density at radius 1 is 1.32 bits per heavy atom. The monoisotopic (exact) mass is 394 g/mol. The fraction of sp³-hybridized carbons (Fsp3) is 0.667. The van der Waals surface area contributed by atoms with Crippen LogP contribution in [0.1, 0.15) is 57.7 Å². The van der Waals surface area contributed by atoms with Gasteiger partial charge in [-0.2, -0.15) is 0 Å². The third-order valence-corrected chi connectivity index (χ3v) is 4.11. The minimum absolute atomic E-state index is 0. The van der Waals surface area contributed by atoms with Crippen molar-refractivity contribution in [2.45, 2.75) is 70.9 Å². The molecular formula is C18H32Cl2N2O3. The van der Waals surface area contributed by atoms with Crippen molar-refractivity contribution in [3.8, 4) is 0 Å². The van der Waals surface area contributed by atoms with Crippen LogP contribution in [-0.2, 0) is 17.6 Å². The zero-order valence-electron chi connectivity index (χ0n) is 15.3. The Morgan fingerprint density at radius 3 is 2.48 bits per heavy atom. The molecule has 1 rings (SSSR count). The lowest BCUT2D eigenvalue weighted by atomic mass is 9.84. The van der Waals surface area contributed by atoms with E-state index < -0.39 is 17.6 Å². The van der Waals surface area contributed by atoms with E-state index in [4.69, 9.17) is 5.73 Å². The van der Waals surface area contributed by atoms with Crippen LogP contribution in [0.5, 0.6) is 0 Å². The summed E-state index contributed by atoms with van der Waals surface area (Å²) in [7, 11) is 0. The molecule has 0 bridgehead atoms. The maximum absolute atomic E-state index is 11.6. The third kappa shape index (κ3) is 8.36. The molecule has 0 fully saturated rings. The number of aliphatic carboxylic acids is 1. The molecule has 1 heterocycles. The lowest BCUT2D eigenvalue weighted by Gasteiger charge is -2.30. The molecule has 0 saturated heterocycles. The van der Waals surface area contributed by atoms with E-state index in [2.05, 4.69) is 11.9 Å². The Hall–Kier alpha value is -0.880. The first kappa shape index (κ1) is 26.4. The number of nitrogens with zero attached hydrogens (tertiary/aromatic N) is 1. The SMILES string of the molecule is CCCCCc1ccnc(C[C@](O)(C(=O)O)[C@@H](N)CC(C)C)c1.Cl.Cl. The van der Waals surface area contributed by atoms with Gasteiger partial charge in [0.25, 0.3) is 0 Å². The van der Waals surface area contributed by atoms with Crippen LogP contribution in [0.2, 0.25) is 0 Å². The second-order valence-corrected chi connectivity index (χ2v) is 6.75. The molecule has 0 radical (unpaired) electrons. The first-order chi connectivity index (χ1) is 10.8. The van der Waals surface area contributed by atoms with Gasteiger partial charge in [0.1, 0.15) is 0 Å². The Bertz CT molecular complexity index is 515. The van der Waals surface area contributed by atoms with Gasteiger partial charge in [-0.1, -0.05) is 33.6 Å². The molecule has 0 amide bonds. The van der Waals surface area contributed by atoms with Crippen molar-refractivity contribution >= 4 is 30.8 Å². The number of carboxylic acids is 1. The predicted octanol–water partition coefficient (Wildman–Crippen LogP) is 3.39. The van der Waals surface area contributed by atoms with Crippen molar-refractivity contribution in [2.75, 3.05) is 0 Å². The predicted molar refractivity (Wildman–Crippen MR) is 106 cm³/mol. The fourth-order valence-corrected chi connectivity index (χ4v) is 2.70. The van der Waals surface area contributed by atoms with Gasteiger partial charge in [-0.3, -0.25) is 4.98 Å². The maximum Gasteiger partial charge on any atom is 0.337 e. The largest absolute Gasteiger partial charge is 0.479 e. The van der Waals surface area contributed by atoms with E-state index in [9.17, 15) is 15.0 Å². The summed E-state index contributed by atoms with van der Waals surface area (Å²) < 4.78 is 0. The maximum atomic E-state index is 11.6. The van der Waals surface area contributed by atoms with E-state index in [1.54, 1.807) is 6.20 Å². The van der Waals surface area contributed by atoms with Crippen molar-refractivity contribution in [3.63, 3.8) is 0 Å². The molecule has 0 aliphatic heterocycles. The lowest BCUT2D eigenvalue weighted by molar-refractivity contribution is -0.161. The lowest BCUT2D eigenvalue weighted by Crippen LogP contribution is -2.56. The van der Waals surface area contributed by atoms with Crippen molar-refractivity contribution in [2.24, 2.45) is 11.7 Å². The fourth-order valence-electron chi connectivity index (χ4n) is 2.70. The standard InChI is InChI=1S/C18H30N2O3.2ClH/c1-4-5-6-7-14-8-9-20-15(11-14)12-18(23,17(21)22)16(19)10-13(2)3;;/h8-9,11,13,16,23H,4-7,10,12,19H2,1-3H3,(H,21,22);2*1H/t16-,18+;;/m0../s1. The van der Waals surface area contributed by atoms with Gasteiger partial charge in [0, 0.05) is 24.4 Å². The molecule has 5 nitrogen and oxygen atoms in total. The number of unbranched alkanes of at least 4 members (excludes halogenated alkanes) is 2. The summed E-state index contributed by atoms with van der Waals surface area (Å²) in [5.74, 6) is -1.08. The summed E-state index contributed by atoms with van der Waals surface area (Å²) >= 11 is 0. The number of aliphatic hydroxyl groups is 1. The number of rotatable bonds is 10. The number of aryl methyl sites for hydroxylation is 1. The number of carboxylic acid groups (broad SMARTS) is 1. The summed E-state index contributed by atoms with van der Waals surface area (Å²) in [5, 5.41) is 20.1. The molecule has 146 valence electrons. The number of aromatic nitrogens is 1. The molecule has 25 heavy (non-hydrogen) atoms. The van der Waals surface area contributed by atoms with E-state index in [1.165, 1.54) is 0 Å². The highest BCUT2D eigenvalue weighted by atomic mass is 35.5. The van der Waals surface area contributed by atoms with Crippen LogP contribution in [0.3, 0.4) is 0 Å². The molecule has 0 saturated carbocycles. The number of nitrogens with two attached hydrogens (primary N) is 1. The zero-order valence-corrected chi connectivity index (χ0v) is 16.9. The second-order valence-electron chi connectivity index (χ2n) is 6.75. The van der Waals surface area contributed by atoms with Gasteiger partial charge >= 0.3 is 5.97 Å². The van der Waals surface area contributed by atoms with Crippen molar-refractivity contribution in [1.29, 1.82) is 0 Å². The van der Waals surface area contributed by atoms with Gasteiger partial charge in [0.05, 0.1) is 0 Å². The number of hydrogen-bond donors (Lipinski definition) is 3. The van der Waals surface area contributed by atoms with Gasteiger partial charge in [0.15, 0.2) is 5.60 Å². The van der Waals surface area contributed by atoms with Crippen LogP contribution in [0.25, 0.3) is 0 Å². The summed E-state index contributed by atoms with van der Waals surface area (Å²) in [6, 6.07) is 2.99. The van der Waals surface area contributed by atoms with Crippen LogP contribution >= 0.6 is 24.8 Å². The molecule has 0 aliphatic rings. The van der Waals surface area contributed by atoms with Crippen LogP contribution in [0.15, 0.2) is 18.3 Å². The van der Waals surface area contributed by atoms with E-state index in [1.807, 2.05) is 26.0 Å². The number of halogens is 2. The van der Waals surface area contributed by atoms with Gasteiger partial charge in [-0.25, -0.2) is 4.79 Å². The minimum Gasteiger partial charge on any atom is -0.479 e. The minimum atomic E-state index is -1.99. The topological polar surface area (TPSA) is 96.4 Å². The van der Waals surface area contributed by atoms with Crippen LogP contribution < -0.4 is 5.73 Å². The molecule has 0 aliphatic carbocycles. The molecule has 0 unspecified atom stereocenters. The first-order valence-electron chi connectivity index (χ1n) is 8.44. The molecule has 2 atom stereocenters. The average Bonchev–Trinajstić information content (AvgIpc) is 2.47. The average molecular weight is 395 g/mol. The van der Waals surface area contributed by atoms with Crippen LogP contribution in [-0.4, -0.2) is 32.8 Å². The number of carbonyl (C=O) groups is 1. The molecule has 0 spiro atoms. The Morgan fingerprint density at radius 2 is 1.96 bits per heavy atom. The molecule has 7 heteroatoms. The summed E-state index contributed by atoms with van der Waals surface area (Å²) in [6.45, 7) is 6.06. The zero-order chi connectivity index (χ0) is 17.5. The quantitative estimate of drug-likeness (QED) is 0.528. The second kappa shape index (κ2) is 12.5. The van der Waals surface area contributed by atoms with E-state index in [0.717, 1.165) is 31.2 Å². The van der Waals surface area contributed by atoms with Crippen molar-refractivity contribution < 1.29 is 15.0 Å². The van der Waals surface area contributed by atoms with E-state index in [-0.39, 0.29) is 37.2 Å². The highest BCUT2D eigenvalue weighted by Gasteiger charge is 2.43. The van der Waals surface area contributed by atoms with Crippen LogP contribution in [0, 0.1) is 5.92 Å². The molecule has 4 N–H and O–H groups in total. The smallest absolute Gasteiger partial charge is 0.337 e. The van der Waals surface area contributed by atoms with Crippen LogP contribution in [0.4, 0.5) is 0 Å². The highest BCUT2D eigenvalue weighted by Crippen LogP contribution is 2.22. The van der Waals surface area contributed by atoms with E-state index >= 15 is 0 Å². The summed E-state index contributed by atoms with van der Waals surface area (Å²) in [5.41, 5.74) is 5.68. The molecule has 1 aromatic heterocycles. The Labute approximate surface area is 163 Å².